The van der Waals surface area contributed by atoms with Gasteiger partial charge in [0, 0.05) is 22.6 Å². The first kappa shape index (κ1) is 19.4. The van der Waals surface area contributed by atoms with Gasteiger partial charge in [0.1, 0.15) is 17.3 Å². The highest BCUT2D eigenvalue weighted by Gasteiger charge is 2.32. The van der Waals surface area contributed by atoms with Gasteiger partial charge in [-0.3, -0.25) is 0 Å². The predicted octanol–water partition coefficient (Wildman–Crippen LogP) is 6.05. The van der Waals surface area contributed by atoms with E-state index in [1.807, 2.05) is 24.3 Å². The maximum Gasteiger partial charge on any atom is 0.433 e. The van der Waals surface area contributed by atoms with Crippen LogP contribution in [0.5, 0.6) is 0 Å². The molecule has 1 atom stereocenters. The van der Waals surface area contributed by atoms with Gasteiger partial charge in [0.25, 0.3) is 0 Å². The van der Waals surface area contributed by atoms with Crippen LogP contribution in [-0.2, 0) is 12.6 Å². The first-order valence-electron chi connectivity index (χ1n) is 9.98. The smallest absolute Gasteiger partial charge is 0.383 e. The highest BCUT2D eigenvalue weighted by molar-refractivity contribution is 5.86. The van der Waals surface area contributed by atoms with Gasteiger partial charge in [-0.05, 0) is 60.4 Å². The fourth-order valence-corrected chi connectivity index (χ4v) is 4.25. The van der Waals surface area contributed by atoms with Crippen LogP contribution in [0.1, 0.15) is 34.7 Å². The van der Waals surface area contributed by atoms with Crippen LogP contribution in [0.4, 0.5) is 30.5 Å². The Hall–Kier alpha value is -3.61. The molecule has 31 heavy (non-hydrogen) atoms. The average molecular weight is 420 g/mol. The van der Waals surface area contributed by atoms with Crippen LogP contribution in [0.15, 0.2) is 66.7 Å². The molecule has 0 aliphatic heterocycles. The molecular weight excluding hydrogens is 401 g/mol. The molecule has 0 saturated heterocycles. The van der Waals surface area contributed by atoms with Crippen molar-refractivity contribution < 1.29 is 13.2 Å². The van der Waals surface area contributed by atoms with E-state index in [4.69, 9.17) is 5.73 Å². The summed E-state index contributed by atoms with van der Waals surface area (Å²) in [5.41, 5.74) is 10.3. The number of rotatable bonds is 3. The Balaban J connectivity index is 1.50. The van der Waals surface area contributed by atoms with Crippen LogP contribution in [-0.4, -0.2) is 9.97 Å². The van der Waals surface area contributed by atoms with E-state index in [0.717, 1.165) is 35.4 Å². The summed E-state index contributed by atoms with van der Waals surface area (Å²) in [6.45, 7) is 0. The first-order valence-corrected chi connectivity index (χ1v) is 9.98. The average Bonchev–Trinajstić information content (AvgIpc) is 3.17. The Bertz CT molecular complexity index is 1280. The van der Waals surface area contributed by atoms with Crippen molar-refractivity contribution in [2.24, 2.45) is 0 Å². The highest BCUT2D eigenvalue weighted by Crippen LogP contribution is 2.41. The number of hydrogen-bond donors (Lipinski definition) is 2. The number of aryl methyl sites for hydroxylation is 1. The molecule has 0 saturated carbocycles. The van der Waals surface area contributed by atoms with Gasteiger partial charge >= 0.3 is 6.18 Å². The summed E-state index contributed by atoms with van der Waals surface area (Å²) >= 11 is 0. The summed E-state index contributed by atoms with van der Waals surface area (Å²) in [4.78, 5) is 8.24. The largest absolute Gasteiger partial charge is 0.433 e. The Morgan fingerprint density at radius 3 is 2.58 bits per heavy atom. The van der Waals surface area contributed by atoms with Gasteiger partial charge in [-0.1, -0.05) is 30.3 Å². The number of fused-ring (bicyclic) bond motifs is 2. The highest BCUT2D eigenvalue weighted by atomic mass is 19.4. The molecule has 1 aliphatic rings. The van der Waals surface area contributed by atoms with E-state index in [9.17, 15) is 13.2 Å². The van der Waals surface area contributed by atoms with Crippen molar-refractivity contribution in [2.75, 3.05) is 11.1 Å². The minimum absolute atomic E-state index is 0.127. The van der Waals surface area contributed by atoms with Crippen molar-refractivity contribution in [3.63, 3.8) is 0 Å². The number of benzene rings is 2. The first-order chi connectivity index (χ1) is 14.9. The van der Waals surface area contributed by atoms with Gasteiger partial charge in [-0.25, -0.2) is 9.97 Å². The van der Waals surface area contributed by atoms with Crippen LogP contribution in [0.25, 0.3) is 10.9 Å². The summed E-state index contributed by atoms with van der Waals surface area (Å²) in [5, 5.41) is 3.82. The van der Waals surface area contributed by atoms with Crippen molar-refractivity contribution in [3.8, 4) is 0 Å². The van der Waals surface area contributed by atoms with E-state index in [2.05, 4.69) is 27.4 Å². The SMILES string of the molecule is Nc1nc2ccc(Nc3cccc(C(F)(F)F)n3)cc2cc1[C@@H]1CCc2ccccc21. The summed E-state index contributed by atoms with van der Waals surface area (Å²) in [6.07, 6.45) is -2.51. The maximum absolute atomic E-state index is 12.9. The Labute approximate surface area is 177 Å². The number of aromatic nitrogens is 2. The summed E-state index contributed by atoms with van der Waals surface area (Å²) < 4.78 is 38.8. The number of nitrogens with zero attached hydrogens (tertiary/aromatic N) is 2. The third-order valence-corrected chi connectivity index (χ3v) is 5.70. The second kappa shape index (κ2) is 7.27. The van der Waals surface area contributed by atoms with Crippen molar-refractivity contribution in [1.82, 2.24) is 9.97 Å². The number of nitrogens with two attached hydrogens (primary N) is 1. The van der Waals surface area contributed by atoms with Gasteiger partial charge < -0.3 is 11.1 Å². The van der Waals surface area contributed by atoms with Crippen LogP contribution >= 0.6 is 0 Å². The third kappa shape index (κ3) is 3.67. The van der Waals surface area contributed by atoms with Gasteiger partial charge in [0.15, 0.2) is 0 Å². The van der Waals surface area contributed by atoms with Gasteiger partial charge in [0.05, 0.1) is 5.52 Å². The Morgan fingerprint density at radius 2 is 1.74 bits per heavy atom. The van der Waals surface area contributed by atoms with Gasteiger partial charge in [-0.15, -0.1) is 0 Å². The molecule has 2 heterocycles. The number of halogens is 3. The fraction of sp³-hybridized carbons (Fsp3) is 0.167. The third-order valence-electron chi connectivity index (χ3n) is 5.70. The minimum atomic E-state index is -4.49. The Kier molecular flexibility index (Phi) is 4.54. The lowest BCUT2D eigenvalue weighted by Gasteiger charge is -2.16. The maximum atomic E-state index is 12.9. The molecule has 5 rings (SSSR count). The van der Waals surface area contributed by atoms with E-state index in [-0.39, 0.29) is 11.7 Å². The van der Waals surface area contributed by atoms with Gasteiger partial charge in [0.2, 0.25) is 0 Å². The zero-order valence-electron chi connectivity index (χ0n) is 16.4. The lowest BCUT2D eigenvalue weighted by atomic mass is 9.92. The van der Waals surface area contributed by atoms with Crippen LogP contribution in [0.3, 0.4) is 0 Å². The Morgan fingerprint density at radius 1 is 0.903 bits per heavy atom. The number of nitrogen functional groups attached to an aromatic ring is 1. The van der Waals surface area contributed by atoms with Crippen molar-refractivity contribution in [3.05, 3.63) is 89.1 Å². The topological polar surface area (TPSA) is 63.8 Å². The van der Waals surface area contributed by atoms with Crippen LogP contribution in [0, 0.1) is 0 Å². The minimum Gasteiger partial charge on any atom is -0.383 e. The molecule has 4 nitrogen and oxygen atoms in total. The summed E-state index contributed by atoms with van der Waals surface area (Å²) in [6, 6.07) is 19.6. The standard InChI is InChI=1S/C24H19F3N4/c25-24(26,27)21-6-3-7-22(31-21)29-16-9-11-20-15(12-16)13-19(23(28)30-20)18-10-8-14-4-1-2-5-17(14)18/h1-7,9,11-13,18H,8,10H2,(H2,28,30)(H,29,31)/t18-/m1/s1. The lowest BCUT2D eigenvalue weighted by molar-refractivity contribution is -0.141. The lowest BCUT2D eigenvalue weighted by Crippen LogP contribution is -2.08. The van der Waals surface area contributed by atoms with E-state index in [1.54, 1.807) is 12.1 Å². The van der Waals surface area contributed by atoms with E-state index in [1.165, 1.54) is 23.3 Å². The molecule has 1 aliphatic carbocycles. The second-order valence-corrected chi connectivity index (χ2v) is 7.69. The zero-order valence-corrected chi connectivity index (χ0v) is 16.4. The molecule has 7 heteroatoms. The molecule has 0 radical (unpaired) electrons. The molecule has 2 aromatic heterocycles. The molecule has 4 aromatic rings. The van der Waals surface area contributed by atoms with E-state index in [0.29, 0.717) is 11.5 Å². The summed E-state index contributed by atoms with van der Waals surface area (Å²) in [7, 11) is 0. The quantitative estimate of drug-likeness (QED) is 0.423. The van der Waals surface area contributed by atoms with Gasteiger partial charge in [-0.2, -0.15) is 13.2 Å². The molecular formula is C24H19F3N4. The van der Waals surface area contributed by atoms with Crippen LogP contribution < -0.4 is 11.1 Å². The zero-order chi connectivity index (χ0) is 21.6. The second-order valence-electron chi connectivity index (χ2n) is 7.69. The molecule has 156 valence electrons. The van der Waals surface area contributed by atoms with Crippen LogP contribution in [0.2, 0.25) is 0 Å². The van der Waals surface area contributed by atoms with Crippen molar-refractivity contribution in [1.29, 1.82) is 0 Å². The normalized spacial score (nSPS) is 15.8. The number of alkyl halides is 3. The number of nitrogens with one attached hydrogen (secondary N) is 1. The molecule has 0 fully saturated rings. The molecule has 3 N–H and O–H groups in total. The monoisotopic (exact) mass is 420 g/mol. The number of anilines is 3. The number of pyridine rings is 2. The molecule has 0 spiro atoms. The molecule has 0 bridgehead atoms. The molecule has 0 amide bonds. The fourth-order valence-electron chi connectivity index (χ4n) is 4.25. The number of hydrogen-bond acceptors (Lipinski definition) is 4. The predicted molar refractivity (Wildman–Crippen MR) is 115 cm³/mol. The summed E-state index contributed by atoms with van der Waals surface area (Å²) in [5.74, 6) is 0.826. The van der Waals surface area contributed by atoms with Crippen molar-refractivity contribution >= 4 is 28.2 Å². The van der Waals surface area contributed by atoms with E-state index < -0.39 is 11.9 Å². The molecule has 2 aromatic carbocycles. The van der Waals surface area contributed by atoms with E-state index >= 15 is 0 Å². The molecule has 0 unspecified atom stereocenters. The van der Waals surface area contributed by atoms with Crippen molar-refractivity contribution in [2.45, 2.75) is 24.9 Å².